The van der Waals surface area contributed by atoms with E-state index in [1.54, 1.807) is 0 Å². The fourth-order valence-corrected chi connectivity index (χ4v) is 2.70. The van der Waals surface area contributed by atoms with Gasteiger partial charge < -0.3 is 0 Å². The van der Waals surface area contributed by atoms with Gasteiger partial charge in [-0.15, -0.1) is 0 Å². The molecule has 0 heterocycles. The lowest BCUT2D eigenvalue weighted by atomic mass is 9.72. The van der Waals surface area contributed by atoms with Crippen LogP contribution in [0.5, 0.6) is 0 Å². The second kappa shape index (κ2) is 19.3. The summed E-state index contributed by atoms with van der Waals surface area (Å²) < 4.78 is 0. The van der Waals surface area contributed by atoms with Gasteiger partial charge in [-0.3, -0.25) is 0 Å². The molecule has 0 aromatic rings. The molecule has 0 aromatic heterocycles. The Balaban J connectivity index is -0.000000328. The van der Waals surface area contributed by atoms with E-state index in [0.717, 1.165) is 17.8 Å². The van der Waals surface area contributed by atoms with E-state index in [9.17, 15) is 0 Å². The number of hydrogen-bond acceptors (Lipinski definition) is 0. The fraction of sp³-hybridized carbons (Fsp3) is 1.00. The molecule has 0 radical (unpaired) electrons. The van der Waals surface area contributed by atoms with Crippen molar-refractivity contribution in [3.63, 3.8) is 0 Å². The molecule has 0 aromatic carbocycles. The molecule has 1 rings (SSSR count). The minimum Gasteiger partial charge on any atom is -0.0683 e. The molecular formula is C18H42. The van der Waals surface area contributed by atoms with Gasteiger partial charge in [0.15, 0.2) is 0 Å². The van der Waals surface area contributed by atoms with Crippen molar-refractivity contribution < 1.29 is 0 Å². The quantitative estimate of drug-likeness (QED) is 0.497. The van der Waals surface area contributed by atoms with Crippen molar-refractivity contribution in [2.45, 2.75) is 101 Å². The van der Waals surface area contributed by atoms with Crippen molar-refractivity contribution in [3.8, 4) is 0 Å². The zero-order chi connectivity index (χ0) is 15.0. The third-order valence-corrected chi connectivity index (χ3v) is 3.73. The third-order valence-electron chi connectivity index (χ3n) is 3.73. The second-order valence-corrected chi connectivity index (χ2v) is 4.53. The van der Waals surface area contributed by atoms with Crippen LogP contribution in [0, 0.1) is 17.8 Å². The minimum absolute atomic E-state index is 1.05. The molecule has 1 aliphatic carbocycles. The monoisotopic (exact) mass is 258 g/mol. The molecule has 1 fully saturated rings. The highest BCUT2D eigenvalue weighted by Crippen LogP contribution is 2.37. The molecule has 0 aliphatic heterocycles. The van der Waals surface area contributed by atoms with Crippen molar-refractivity contribution in [2.24, 2.45) is 17.8 Å². The summed E-state index contributed by atoms with van der Waals surface area (Å²) in [6, 6.07) is 0. The predicted octanol–water partition coefficient (Wildman–Crippen LogP) is 7.33. The first-order chi connectivity index (χ1) is 8.80. The van der Waals surface area contributed by atoms with E-state index in [1.165, 1.54) is 38.5 Å². The lowest BCUT2D eigenvalue weighted by Crippen LogP contribution is -2.21. The maximum absolute atomic E-state index is 2.36. The van der Waals surface area contributed by atoms with Crippen molar-refractivity contribution in [2.75, 3.05) is 0 Å². The van der Waals surface area contributed by atoms with Crippen LogP contribution in [-0.2, 0) is 0 Å². The average Bonchev–Trinajstić information content (AvgIpc) is 2.52. The first kappa shape index (κ1) is 23.1. The Hall–Kier alpha value is 0. The van der Waals surface area contributed by atoms with E-state index in [1.807, 2.05) is 41.5 Å². The molecule has 1 saturated carbocycles. The fourth-order valence-electron chi connectivity index (χ4n) is 2.70. The SMILES string of the molecule is CC.CC.CC.CCC1CC(CC)CC(CC)C1. The van der Waals surface area contributed by atoms with Crippen LogP contribution in [0.4, 0.5) is 0 Å². The molecule has 0 heteroatoms. The Morgan fingerprint density at radius 2 is 0.667 bits per heavy atom. The van der Waals surface area contributed by atoms with Crippen molar-refractivity contribution in [1.82, 2.24) is 0 Å². The van der Waals surface area contributed by atoms with Gasteiger partial charge in [0.25, 0.3) is 0 Å². The molecule has 0 atom stereocenters. The molecule has 0 amide bonds. The smallest absolute Gasteiger partial charge is 0.0412 e. The molecule has 0 spiro atoms. The number of hydrogen-bond donors (Lipinski definition) is 0. The van der Waals surface area contributed by atoms with E-state index < -0.39 is 0 Å². The molecule has 114 valence electrons. The van der Waals surface area contributed by atoms with Crippen LogP contribution in [0.1, 0.15) is 101 Å². The Labute approximate surface area is 119 Å². The molecule has 0 saturated heterocycles. The normalized spacial score (nSPS) is 25.5. The third kappa shape index (κ3) is 11.1. The van der Waals surface area contributed by atoms with Gasteiger partial charge in [-0.05, 0) is 37.0 Å². The van der Waals surface area contributed by atoms with Crippen LogP contribution < -0.4 is 0 Å². The van der Waals surface area contributed by atoms with Crippen LogP contribution in [-0.4, -0.2) is 0 Å². The Morgan fingerprint density at radius 3 is 0.778 bits per heavy atom. The van der Waals surface area contributed by atoms with E-state index in [0.29, 0.717) is 0 Å². The zero-order valence-corrected chi connectivity index (χ0v) is 15.0. The molecule has 0 bridgehead atoms. The van der Waals surface area contributed by atoms with Crippen molar-refractivity contribution >= 4 is 0 Å². The topological polar surface area (TPSA) is 0 Å². The maximum atomic E-state index is 2.36. The Kier molecular flexibility index (Phi) is 24.8. The largest absolute Gasteiger partial charge is 0.0683 e. The molecular weight excluding hydrogens is 216 g/mol. The Bertz CT molecular complexity index is 87.4. The van der Waals surface area contributed by atoms with Crippen LogP contribution in [0.2, 0.25) is 0 Å². The summed E-state index contributed by atoms with van der Waals surface area (Å²) in [5.74, 6) is 3.15. The standard InChI is InChI=1S/C12H24.3C2H6/c1-4-10-7-11(5-2)9-12(6-3)8-10;3*1-2/h10-12H,4-9H2,1-3H3;3*1-2H3. The second-order valence-electron chi connectivity index (χ2n) is 4.53. The molecule has 1 aliphatic rings. The first-order valence-corrected chi connectivity index (χ1v) is 8.80. The van der Waals surface area contributed by atoms with Crippen molar-refractivity contribution in [1.29, 1.82) is 0 Å². The molecule has 0 nitrogen and oxygen atoms in total. The van der Waals surface area contributed by atoms with Crippen molar-refractivity contribution in [3.05, 3.63) is 0 Å². The summed E-state index contributed by atoms with van der Waals surface area (Å²) in [5, 5.41) is 0. The highest BCUT2D eigenvalue weighted by Gasteiger charge is 2.25. The molecule has 18 heavy (non-hydrogen) atoms. The van der Waals surface area contributed by atoms with E-state index in [4.69, 9.17) is 0 Å². The lowest BCUT2D eigenvalue weighted by molar-refractivity contribution is 0.183. The molecule has 0 unspecified atom stereocenters. The van der Waals surface area contributed by atoms with Gasteiger partial charge in [0.2, 0.25) is 0 Å². The van der Waals surface area contributed by atoms with Gasteiger partial charge in [0, 0.05) is 0 Å². The van der Waals surface area contributed by atoms with E-state index in [2.05, 4.69) is 20.8 Å². The minimum atomic E-state index is 1.05. The summed E-state index contributed by atoms with van der Waals surface area (Å²) in [6.45, 7) is 19.1. The number of rotatable bonds is 3. The van der Waals surface area contributed by atoms with Crippen LogP contribution >= 0.6 is 0 Å². The summed E-state index contributed by atoms with van der Waals surface area (Å²) >= 11 is 0. The van der Waals surface area contributed by atoms with Gasteiger partial charge in [0.1, 0.15) is 0 Å². The van der Waals surface area contributed by atoms with Gasteiger partial charge in [-0.2, -0.15) is 0 Å². The van der Waals surface area contributed by atoms with Crippen LogP contribution in [0.3, 0.4) is 0 Å². The highest BCUT2D eigenvalue weighted by molar-refractivity contribution is 4.77. The first-order valence-electron chi connectivity index (χ1n) is 8.80. The molecule has 0 N–H and O–H groups in total. The summed E-state index contributed by atoms with van der Waals surface area (Å²) in [6.07, 6.45) is 8.78. The summed E-state index contributed by atoms with van der Waals surface area (Å²) in [5.41, 5.74) is 0. The predicted molar refractivity (Wildman–Crippen MR) is 89.2 cm³/mol. The zero-order valence-electron chi connectivity index (χ0n) is 15.0. The highest BCUT2D eigenvalue weighted by atomic mass is 14.3. The maximum Gasteiger partial charge on any atom is -0.0412 e. The lowest BCUT2D eigenvalue weighted by Gasteiger charge is -2.33. The van der Waals surface area contributed by atoms with Crippen LogP contribution in [0.25, 0.3) is 0 Å². The average molecular weight is 259 g/mol. The van der Waals surface area contributed by atoms with E-state index >= 15 is 0 Å². The van der Waals surface area contributed by atoms with Gasteiger partial charge >= 0.3 is 0 Å². The van der Waals surface area contributed by atoms with Gasteiger partial charge in [-0.1, -0.05) is 81.6 Å². The van der Waals surface area contributed by atoms with E-state index in [-0.39, 0.29) is 0 Å². The Morgan fingerprint density at radius 1 is 0.500 bits per heavy atom. The summed E-state index contributed by atoms with van der Waals surface area (Å²) in [4.78, 5) is 0. The van der Waals surface area contributed by atoms with Gasteiger partial charge in [0.05, 0.1) is 0 Å². The summed E-state index contributed by atoms with van der Waals surface area (Å²) in [7, 11) is 0. The van der Waals surface area contributed by atoms with Gasteiger partial charge in [-0.25, -0.2) is 0 Å². The van der Waals surface area contributed by atoms with Crippen LogP contribution in [0.15, 0.2) is 0 Å².